The highest BCUT2D eigenvalue weighted by Gasteiger charge is 2.14. The minimum absolute atomic E-state index is 0.0983. The van der Waals surface area contributed by atoms with E-state index >= 15 is 0 Å². The fourth-order valence-corrected chi connectivity index (χ4v) is 2.82. The van der Waals surface area contributed by atoms with Crippen molar-refractivity contribution in [2.24, 2.45) is 0 Å². The van der Waals surface area contributed by atoms with E-state index in [4.69, 9.17) is 11.6 Å². The molecule has 0 amide bonds. The van der Waals surface area contributed by atoms with Gasteiger partial charge >= 0.3 is 0 Å². The van der Waals surface area contributed by atoms with E-state index in [-0.39, 0.29) is 11.1 Å². The molecule has 3 nitrogen and oxygen atoms in total. The topological polar surface area (TPSA) is 29.9 Å². The normalized spacial score (nSPS) is 12.3. The molecule has 0 aliphatic heterocycles. The molecule has 0 radical (unpaired) electrons. The molecule has 0 aliphatic rings. The first kappa shape index (κ1) is 16.7. The lowest BCUT2D eigenvalue weighted by Gasteiger charge is -2.14. The molecule has 0 saturated heterocycles. The number of aromatic nitrogens is 2. The number of nitrogens with zero attached hydrogens (tertiary/aromatic N) is 2. The fraction of sp³-hybridized carbons (Fsp3) is 0.211. The Hall–Kier alpha value is -2.17. The Morgan fingerprint density at radius 2 is 1.96 bits per heavy atom. The van der Waals surface area contributed by atoms with Crippen LogP contribution >= 0.6 is 11.6 Å². The van der Waals surface area contributed by atoms with E-state index in [1.807, 2.05) is 47.3 Å². The van der Waals surface area contributed by atoms with Gasteiger partial charge in [0.2, 0.25) is 0 Å². The third kappa shape index (κ3) is 3.50. The number of para-hydroxylation sites is 1. The third-order valence-corrected chi connectivity index (χ3v) is 4.42. The van der Waals surface area contributed by atoms with Crippen LogP contribution in [0.15, 0.2) is 54.7 Å². The van der Waals surface area contributed by atoms with E-state index in [2.05, 4.69) is 24.3 Å². The maximum atomic E-state index is 13.5. The summed E-state index contributed by atoms with van der Waals surface area (Å²) >= 11 is 5.71. The van der Waals surface area contributed by atoms with Gasteiger partial charge in [-0.05, 0) is 43.7 Å². The highest BCUT2D eigenvalue weighted by molar-refractivity contribution is 6.30. The van der Waals surface area contributed by atoms with E-state index in [1.165, 1.54) is 6.07 Å². The minimum Gasteiger partial charge on any atom is -0.306 e. The highest BCUT2D eigenvalue weighted by Crippen LogP contribution is 2.21. The van der Waals surface area contributed by atoms with Crippen LogP contribution in [0.5, 0.6) is 0 Å². The quantitative estimate of drug-likeness (QED) is 0.719. The van der Waals surface area contributed by atoms with Crippen molar-refractivity contribution in [1.82, 2.24) is 15.1 Å². The van der Waals surface area contributed by atoms with E-state index < -0.39 is 5.82 Å². The molecule has 0 spiro atoms. The second-order valence-corrected chi connectivity index (χ2v) is 6.19. The Morgan fingerprint density at radius 3 is 2.67 bits per heavy atom. The molecule has 1 atom stereocenters. The molecular weight excluding hydrogens is 325 g/mol. The van der Waals surface area contributed by atoms with Crippen LogP contribution < -0.4 is 5.32 Å². The molecule has 2 aromatic carbocycles. The van der Waals surface area contributed by atoms with Gasteiger partial charge in [-0.3, -0.25) is 0 Å². The first-order valence-electron chi connectivity index (χ1n) is 7.83. The summed E-state index contributed by atoms with van der Waals surface area (Å²) in [6.07, 6.45) is 1.88. The number of hydrogen-bond donors (Lipinski definition) is 1. The molecule has 0 fully saturated rings. The van der Waals surface area contributed by atoms with E-state index in [1.54, 1.807) is 6.07 Å². The van der Waals surface area contributed by atoms with Gasteiger partial charge in [0.15, 0.2) is 0 Å². The van der Waals surface area contributed by atoms with Gasteiger partial charge in [-0.25, -0.2) is 9.07 Å². The lowest BCUT2D eigenvalue weighted by molar-refractivity contribution is 0.566. The van der Waals surface area contributed by atoms with Crippen LogP contribution in [-0.4, -0.2) is 9.78 Å². The lowest BCUT2D eigenvalue weighted by Crippen LogP contribution is -2.18. The summed E-state index contributed by atoms with van der Waals surface area (Å²) in [6.45, 7) is 4.69. The van der Waals surface area contributed by atoms with Gasteiger partial charge in [0.1, 0.15) is 5.82 Å². The van der Waals surface area contributed by atoms with Crippen LogP contribution in [-0.2, 0) is 6.54 Å². The fourth-order valence-electron chi connectivity index (χ4n) is 2.71. The molecule has 0 saturated carbocycles. The predicted molar refractivity (Wildman–Crippen MR) is 95.0 cm³/mol. The molecule has 1 heterocycles. The Kier molecular flexibility index (Phi) is 4.97. The summed E-state index contributed by atoms with van der Waals surface area (Å²) in [4.78, 5) is 0. The third-order valence-electron chi connectivity index (χ3n) is 4.11. The smallest absolute Gasteiger partial charge is 0.142 e. The second-order valence-electron chi connectivity index (χ2n) is 5.78. The van der Waals surface area contributed by atoms with Gasteiger partial charge in [-0.1, -0.05) is 35.9 Å². The molecule has 1 aromatic heterocycles. The Balaban J connectivity index is 1.72. The lowest BCUT2D eigenvalue weighted by atomic mass is 10.1. The molecular formula is C19H19ClFN3. The van der Waals surface area contributed by atoms with Gasteiger partial charge in [-0.15, -0.1) is 0 Å². The SMILES string of the molecule is Cc1c(C(C)NCc2ccc(Cl)c(F)c2)cnn1-c1ccccc1. The Bertz CT molecular complexity index is 830. The maximum Gasteiger partial charge on any atom is 0.142 e. The predicted octanol–water partition coefficient (Wildman–Crippen LogP) is 4.82. The zero-order chi connectivity index (χ0) is 17.1. The zero-order valence-electron chi connectivity index (χ0n) is 13.6. The number of rotatable bonds is 5. The Morgan fingerprint density at radius 1 is 1.21 bits per heavy atom. The van der Waals surface area contributed by atoms with E-state index in [0.717, 1.165) is 22.5 Å². The van der Waals surface area contributed by atoms with Crippen LogP contribution in [0.4, 0.5) is 4.39 Å². The van der Waals surface area contributed by atoms with Gasteiger partial charge in [0.25, 0.3) is 0 Å². The Labute approximate surface area is 146 Å². The van der Waals surface area contributed by atoms with E-state index in [0.29, 0.717) is 6.54 Å². The van der Waals surface area contributed by atoms with Gasteiger partial charge in [0.05, 0.1) is 16.9 Å². The second kappa shape index (κ2) is 7.16. The van der Waals surface area contributed by atoms with Crippen LogP contribution in [0, 0.1) is 12.7 Å². The summed E-state index contributed by atoms with van der Waals surface area (Å²) in [5.74, 6) is -0.392. The van der Waals surface area contributed by atoms with Crippen molar-refractivity contribution < 1.29 is 4.39 Å². The van der Waals surface area contributed by atoms with Crippen molar-refractivity contribution in [2.75, 3.05) is 0 Å². The molecule has 3 aromatic rings. The van der Waals surface area contributed by atoms with E-state index in [9.17, 15) is 4.39 Å². The molecule has 0 aliphatic carbocycles. The monoisotopic (exact) mass is 343 g/mol. The molecule has 1 unspecified atom stereocenters. The molecule has 24 heavy (non-hydrogen) atoms. The summed E-state index contributed by atoms with van der Waals surface area (Å²) in [5.41, 5.74) is 4.10. The highest BCUT2D eigenvalue weighted by atomic mass is 35.5. The summed E-state index contributed by atoms with van der Waals surface area (Å²) < 4.78 is 15.4. The number of nitrogens with one attached hydrogen (secondary N) is 1. The van der Waals surface area contributed by atoms with Crippen molar-refractivity contribution in [3.05, 3.63) is 82.4 Å². The largest absolute Gasteiger partial charge is 0.306 e. The van der Waals surface area contributed by atoms with Gasteiger partial charge < -0.3 is 5.32 Å². The van der Waals surface area contributed by atoms with Crippen LogP contribution in [0.3, 0.4) is 0 Å². The van der Waals surface area contributed by atoms with Crippen molar-refractivity contribution in [3.63, 3.8) is 0 Å². The van der Waals surface area contributed by atoms with Crippen molar-refractivity contribution in [2.45, 2.75) is 26.4 Å². The zero-order valence-corrected chi connectivity index (χ0v) is 14.4. The molecule has 0 bridgehead atoms. The van der Waals surface area contributed by atoms with Gasteiger partial charge in [0, 0.05) is 23.8 Å². The van der Waals surface area contributed by atoms with Crippen LogP contribution in [0.25, 0.3) is 5.69 Å². The molecule has 124 valence electrons. The summed E-state index contributed by atoms with van der Waals surface area (Å²) in [6, 6.07) is 15.0. The van der Waals surface area contributed by atoms with Crippen LogP contribution in [0.2, 0.25) is 5.02 Å². The molecule has 1 N–H and O–H groups in total. The standard InChI is InChI=1S/C19H19ClFN3/c1-13(22-11-15-8-9-18(20)19(21)10-15)17-12-23-24(14(17)2)16-6-4-3-5-7-16/h3-10,12-13,22H,11H2,1-2H3. The van der Waals surface area contributed by atoms with Gasteiger partial charge in [-0.2, -0.15) is 5.10 Å². The van der Waals surface area contributed by atoms with Crippen molar-refractivity contribution in [1.29, 1.82) is 0 Å². The van der Waals surface area contributed by atoms with Crippen molar-refractivity contribution >= 4 is 11.6 Å². The maximum absolute atomic E-state index is 13.5. The first-order valence-corrected chi connectivity index (χ1v) is 8.21. The minimum atomic E-state index is -0.392. The number of halogens is 2. The number of benzene rings is 2. The average molecular weight is 344 g/mol. The molecule has 5 heteroatoms. The van der Waals surface area contributed by atoms with Crippen molar-refractivity contribution in [3.8, 4) is 5.69 Å². The number of hydrogen-bond acceptors (Lipinski definition) is 2. The van der Waals surface area contributed by atoms with Crippen LogP contribution in [0.1, 0.15) is 29.8 Å². The average Bonchev–Trinajstić information content (AvgIpc) is 2.98. The summed E-state index contributed by atoms with van der Waals surface area (Å²) in [5, 5.41) is 8.04. The first-order chi connectivity index (χ1) is 11.6. The summed E-state index contributed by atoms with van der Waals surface area (Å²) in [7, 11) is 0. The molecule has 3 rings (SSSR count).